The Labute approximate surface area is 196 Å². The van der Waals surface area contributed by atoms with Gasteiger partial charge in [0, 0.05) is 28.3 Å². The van der Waals surface area contributed by atoms with E-state index in [2.05, 4.69) is 38.8 Å². The fraction of sp³-hybridized carbons (Fsp3) is 0.167. The molecular weight excluding hydrogens is 524 g/mol. The number of hydrogen-bond acceptors (Lipinski definition) is 4. The maximum Gasteiger partial charge on any atom is 0.338 e. The number of halogens is 2. The molecule has 2 aromatic rings. The van der Waals surface area contributed by atoms with Gasteiger partial charge in [0.05, 0.1) is 16.6 Å². The van der Waals surface area contributed by atoms with E-state index in [4.69, 9.17) is 20.3 Å². The van der Waals surface area contributed by atoms with Gasteiger partial charge >= 0.3 is 5.97 Å². The third-order valence-corrected chi connectivity index (χ3v) is 6.78. The minimum Gasteiger partial charge on any atom is -0.462 e. The van der Waals surface area contributed by atoms with Crippen molar-refractivity contribution in [3.05, 3.63) is 68.4 Å². The van der Waals surface area contributed by atoms with Gasteiger partial charge in [-0.05, 0) is 68.1 Å². The van der Waals surface area contributed by atoms with Crippen LogP contribution in [0.1, 0.15) is 30.1 Å². The van der Waals surface area contributed by atoms with Crippen molar-refractivity contribution in [3.63, 3.8) is 0 Å². The Hall–Kier alpha value is -2.64. The van der Waals surface area contributed by atoms with Crippen LogP contribution in [0.3, 0.4) is 0 Å². The van der Waals surface area contributed by atoms with Gasteiger partial charge in [-0.15, -0.1) is 0 Å². The van der Waals surface area contributed by atoms with Gasteiger partial charge in [0.15, 0.2) is 11.3 Å². The predicted molar refractivity (Wildman–Crippen MR) is 128 cm³/mol. The SMILES string of the molecule is CCCCOC(=O)c1ccccc1-c1c2ccc(=[NH2+])c(Br)c-2oc2c(Br)c(N)ccc12. The zero-order chi connectivity index (χ0) is 22.1. The molecule has 0 amide bonds. The van der Waals surface area contributed by atoms with Crippen LogP contribution >= 0.6 is 31.9 Å². The van der Waals surface area contributed by atoms with Crippen LogP contribution < -0.4 is 16.5 Å². The maximum absolute atomic E-state index is 12.9. The molecule has 0 radical (unpaired) electrons. The van der Waals surface area contributed by atoms with Gasteiger partial charge in [-0.25, -0.2) is 4.79 Å². The van der Waals surface area contributed by atoms with Crippen molar-refractivity contribution >= 4 is 54.5 Å². The van der Waals surface area contributed by atoms with Crippen LogP contribution in [0.4, 0.5) is 5.69 Å². The summed E-state index contributed by atoms with van der Waals surface area (Å²) in [5, 5.41) is 7.48. The molecular formula is C24H21Br2N2O3+. The van der Waals surface area contributed by atoms with E-state index in [1.807, 2.05) is 42.5 Å². The molecule has 0 fully saturated rings. The van der Waals surface area contributed by atoms with E-state index in [1.165, 1.54) is 0 Å². The second-order valence-corrected chi connectivity index (χ2v) is 8.79. The number of anilines is 1. The minimum absolute atomic E-state index is 0.352. The zero-order valence-electron chi connectivity index (χ0n) is 16.9. The number of nitrogen functional groups attached to an aromatic ring is 1. The molecule has 0 bridgehead atoms. The lowest BCUT2D eigenvalue weighted by atomic mass is 9.90. The molecule has 158 valence electrons. The molecule has 0 spiro atoms. The van der Waals surface area contributed by atoms with Crippen molar-refractivity contribution in [2.24, 2.45) is 0 Å². The number of hydrogen-bond donors (Lipinski definition) is 2. The quantitative estimate of drug-likeness (QED) is 0.161. The maximum atomic E-state index is 12.9. The molecule has 0 saturated heterocycles. The molecule has 2 aliphatic rings. The summed E-state index contributed by atoms with van der Waals surface area (Å²) in [4.78, 5) is 12.9. The van der Waals surface area contributed by atoms with Crippen molar-refractivity contribution in [1.82, 2.24) is 0 Å². The highest BCUT2D eigenvalue weighted by atomic mass is 79.9. The zero-order valence-corrected chi connectivity index (χ0v) is 20.0. The molecule has 2 aromatic carbocycles. The van der Waals surface area contributed by atoms with Crippen molar-refractivity contribution in [2.75, 3.05) is 12.3 Å². The molecule has 0 atom stereocenters. The third-order valence-electron chi connectivity index (χ3n) is 5.14. The number of unbranched alkanes of at least 4 members (excludes halogenated alkanes) is 1. The number of carbonyl (C=O) groups excluding carboxylic acids is 1. The molecule has 31 heavy (non-hydrogen) atoms. The van der Waals surface area contributed by atoms with Gasteiger partial charge in [0.1, 0.15) is 4.47 Å². The van der Waals surface area contributed by atoms with Gasteiger partial charge < -0.3 is 14.9 Å². The summed E-state index contributed by atoms with van der Waals surface area (Å²) in [6.45, 7) is 2.44. The molecule has 0 saturated carbocycles. The van der Waals surface area contributed by atoms with E-state index in [1.54, 1.807) is 6.07 Å². The fourth-order valence-corrected chi connectivity index (χ4v) is 4.39. The average Bonchev–Trinajstić information content (AvgIpc) is 2.78. The third kappa shape index (κ3) is 3.88. The first-order chi connectivity index (χ1) is 14.9. The Bertz CT molecular complexity index is 1330. The Kier molecular flexibility index (Phi) is 6.16. The van der Waals surface area contributed by atoms with Crippen molar-refractivity contribution < 1.29 is 19.4 Å². The summed E-state index contributed by atoms with van der Waals surface area (Å²) in [5.41, 5.74) is 10.2. The van der Waals surface area contributed by atoms with Gasteiger partial charge in [-0.2, -0.15) is 0 Å². The molecule has 1 aliphatic heterocycles. The highest BCUT2D eigenvalue weighted by molar-refractivity contribution is 9.11. The largest absolute Gasteiger partial charge is 0.462 e. The molecule has 4 rings (SSSR count). The lowest BCUT2D eigenvalue weighted by Gasteiger charge is -2.19. The van der Waals surface area contributed by atoms with Crippen LogP contribution in [0.2, 0.25) is 0 Å². The first-order valence-corrected chi connectivity index (χ1v) is 11.5. The molecule has 4 N–H and O–H groups in total. The Morgan fingerprint density at radius 2 is 1.84 bits per heavy atom. The molecule has 1 heterocycles. The van der Waals surface area contributed by atoms with E-state index in [-0.39, 0.29) is 5.97 Å². The highest BCUT2D eigenvalue weighted by Gasteiger charge is 2.25. The van der Waals surface area contributed by atoms with Crippen LogP contribution in [0.15, 0.2) is 61.9 Å². The molecule has 0 unspecified atom stereocenters. The Balaban J connectivity index is 2.06. The van der Waals surface area contributed by atoms with E-state index >= 15 is 0 Å². The summed E-state index contributed by atoms with van der Waals surface area (Å²) < 4.78 is 13.0. The first-order valence-electron chi connectivity index (χ1n) is 9.92. The minimum atomic E-state index is -0.352. The predicted octanol–water partition coefficient (Wildman–Crippen LogP) is 4.93. The number of nitrogens with two attached hydrogens (primary N) is 2. The van der Waals surface area contributed by atoms with Gasteiger partial charge in [0.2, 0.25) is 5.36 Å². The van der Waals surface area contributed by atoms with Gasteiger partial charge in [0.25, 0.3) is 0 Å². The van der Waals surface area contributed by atoms with Crippen LogP contribution in [-0.4, -0.2) is 12.6 Å². The van der Waals surface area contributed by atoms with Crippen molar-refractivity contribution in [2.45, 2.75) is 19.8 Å². The van der Waals surface area contributed by atoms with Crippen LogP contribution in [-0.2, 0) is 4.74 Å². The van der Waals surface area contributed by atoms with Crippen LogP contribution in [0.25, 0.3) is 33.4 Å². The van der Waals surface area contributed by atoms with Crippen LogP contribution in [0.5, 0.6) is 0 Å². The van der Waals surface area contributed by atoms with Crippen LogP contribution in [0, 0.1) is 0 Å². The first kappa shape index (κ1) is 21.6. The normalized spacial score (nSPS) is 11.2. The number of benzene rings is 3. The summed E-state index contributed by atoms with van der Waals surface area (Å²) in [6, 6.07) is 14.9. The topological polar surface area (TPSA) is 91.0 Å². The molecule has 7 heteroatoms. The highest BCUT2D eigenvalue weighted by Crippen LogP contribution is 2.45. The lowest BCUT2D eigenvalue weighted by molar-refractivity contribution is -0.173. The fourth-order valence-electron chi connectivity index (χ4n) is 3.54. The number of fused-ring (bicyclic) bond motifs is 2. The van der Waals surface area contributed by atoms with E-state index in [9.17, 15) is 4.79 Å². The summed E-state index contributed by atoms with van der Waals surface area (Å²) in [7, 11) is 0. The lowest BCUT2D eigenvalue weighted by Crippen LogP contribution is -2.45. The second kappa shape index (κ2) is 8.85. The monoisotopic (exact) mass is 543 g/mol. The summed E-state index contributed by atoms with van der Waals surface area (Å²) in [5.74, 6) is 0.220. The second-order valence-electron chi connectivity index (χ2n) is 7.20. The Morgan fingerprint density at radius 3 is 2.61 bits per heavy atom. The van der Waals surface area contributed by atoms with E-state index in [0.29, 0.717) is 43.5 Å². The van der Waals surface area contributed by atoms with Crippen molar-refractivity contribution in [3.8, 4) is 22.5 Å². The summed E-state index contributed by atoms with van der Waals surface area (Å²) >= 11 is 7.10. The average molecular weight is 545 g/mol. The van der Waals surface area contributed by atoms with Gasteiger partial charge in [-0.1, -0.05) is 31.5 Å². The number of esters is 1. The van der Waals surface area contributed by atoms with E-state index in [0.717, 1.165) is 34.9 Å². The van der Waals surface area contributed by atoms with Gasteiger partial charge in [-0.3, -0.25) is 5.41 Å². The smallest absolute Gasteiger partial charge is 0.338 e. The standard InChI is InChI=1S/C24H20Br2N2O3/c1-2-3-12-30-24(29)14-7-5-4-6-13(14)19-15-8-10-17(27)20(25)22(15)31-23-16(19)9-11-18(28)21(23)26/h4-11,27H,2-3,12,28H2,1H3/p+1. The number of rotatable bonds is 5. The summed E-state index contributed by atoms with van der Waals surface area (Å²) in [6.07, 6.45) is 1.78. The number of ether oxygens (including phenoxy) is 1. The number of carbonyl (C=O) groups is 1. The molecule has 1 aliphatic carbocycles. The molecule has 0 aromatic heterocycles. The molecule has 5 nitrogen and oxygen atoms in total. The van der Waals surface area contributed by atoms with E-state index < -0.39 is 0 Å². The van der Waals surface area contributed by atoms with Crippen molar-refractivity contribution in [1.29, 1.82) is 0 Å². The Morgan fingerprint density at radius 1 is 1.06 bits per heavy atom.